The monoisotopic (exact) mass is 277 g/mol. The van der Waals surface area contributed by atoms with E-state index in [4.69, 9.17) is 0 Å². The minimum absolute atomic E-state index is 0.180. The molecule has 1 atom stereocenters. The van der Waals surface area contributed by atoms with Gasteiger partial charge in [0.1, 0.15) is 0 Å². The molecule has 114 valence electrons. The summed E-state index contributed by atoms with van der Waals surface area (Å²) in [6.07, 6.45) is 0.655. The number of rotatable bonds is 0. The molecule has 2 nitrogen and oxygen atoms in total. The van der Waals surface area contributed by atoms with Gasteiger partial charge in [-0.2, -0.15) is 0 Å². The van der Waals surface area contributed by atoms with Crippen molar-refractivity contribution in [3.8, 4) is 0 Å². The molecule has 0 fully saturated rings. The van der Waals surface area contributed by atoms with Crippen molar-refractivity contribution >= 4 is 0 Å². The third-order valence-electron chi connectivity index (χ3n) is 3.28. The average Bonchev–Trinajstić information content (AvgIpc) is 2.49. The van der Waals surface area contributed by atoms with E-state index in [9.17, 15) is 5.11 Å². The highest BCUT2D eigenvalue weighted by Crippen LogP contribution is 2.28. The van der Waals surface area contributed by atoms with Gasteiger partial charge in [-0.05, 0) is 41.0 Å². The van der Waals surface area contributed by atoms with E-state index in [2.05, 4.69) is 65.1 Å². The average molecular weight is 277 g/mol. The highest BCUT2D eigenvalue weighted by atomic mass is 16.3. The molecule has 0 aliphatic carbocycles. The van der Waals surface area contributed by atoms with Gasteiger partial charge in [0.05, 0.1) is 6.10 Å². The van der Waals surface area contributed by atoms with E-state index in [1.165, 1.54) is 11.1 Å². The first kappa shape index (κ1) is 17.2. The molecule has 2 rings (SSSR count). The van der Waals surface area contributed by atoms with E-state index in [0.29, 0.717) is 6.54 Å². The summed E-state index contributed by atoms with van der Waals surface area (Å²) in [6.45, 7) is 14.8. The lowest BCUT2D eigenvalue weighted by atomic mass is 9.84. The Hall–Kier alpha value is -0.860. The van der Waals surface area contributed by atoms with Gasteiger partial charge in [-0.3, -0.25) is 0 Å². The summed E-state index contributed by atoms with van der Waals surface area (Å²) in [4.78, 5) is 0. The lowest BCUT2D eigenvalue weighted by molar-refractivity contribution is 0.178. The molecule has 1 aliphatic heterocycles. The predicted octanol–water partition coefficient (Wildman–Crippen LogP) is 3.83. The molecule has 20 heavy (non-hydrogen) atoms. The highest BCUT2D eigenvalue weighted by Gasteiger charge is 2.19. The summed E-state index contributed by atoms with van der Waals surface area (Å²) in [6, 6.07) is 6.49. The zero-order valence-corrected chi connectivity index (χ0v) is 14.0. The number of aliphatic hydroxyl groups is 1. The predicted molar refractivity (Wildman–Crippen MR) is 87.2 cm³/mol. The topological polar surface area (TPSA) is 32.3 Å². The van der Waals surface area contributed by atoms with Gasteiger partial charge in [0, 0.05) is 6.54 Å². The number of β-amino-alcohol motifs (C(OH)–C–C–N with tert-alkyl or cyclic N) is 1. The summed E-state index contributed by atoms with van der Waals surface area (Å²) in [5, 5.41) is 13.2. The van der Waals surface area contributed by atoms with E-state index < -0.39 is 0 Å². The van der Waals surface area contributed by atoms with E-state index >= 15 is 0 Å². The van der Waals surface area contributed by atoms with Crippen molar-refractivity contribution in [2.75, 3.05) is 13.1 Å². The maximum Gasteiger partial charge on any atom is 0.0917 e. The Labute approximate surface area is 124 Å². The minimum Gasteiger partial charge on any atom is -0.387 e. The maximum absolute atomic E-state index is 9.97. The number of hydrogen-bond acceptors (Lipinski definition) is 2. The highest BCUT2D eigenvalue weighted by molar-refractivity contribution is 5.37. The van der Waals surface area contributed by atoms with Crippen molar-refractivity contribution in [3.05, 3.63) is 34.9 Å². The number of nitrogens with one attached hydrogen (secondary N) is 1. The molecule has 2 N–H and O–H groups in total. The third-order valence-corrected chi connectivity index (χ3v) is 3.28. The standard InChI is InChI=1S/C14H21NO.C4H10/c1-14(2,3)11-4-5-12-10(8-11)6-7-15-9-13(12)16;1-4(2)3/h4-5,8,13,15-16H,6-7,9H2,1-3H3;4H,1-3H3. The zero-order valence-electron chi connectivity index (χ0n) is 14.0. The fourth-order valence-electron chi connectivity index (χ4n) is 2.19. The van der Waals surface area contributed by atoms with E-state index in [-0.39, 0.29) is 11.5 Å². The molecular formula is C18H31NO. The zero-order chi connectivity index (χ0) is 15.3. The maximum atomic E-state index is 9.97. The van der Waals surface area contributed by atoms with Gasteiger partial charge in [0.15, 0.2) is 0 Å². The van der Waals surface area contributed by atoms with Crippen molar-refractivity contribution in [2.45, 2.75) is 59.5 Å². The van der Waals surface area contributed by atoms with Crippen molar-refractivity contribution in [2.24, 2.45) is 5.92 Å². The Morgan fingerprint density at radius 2 is 1.80 bits per heavy atom. The largest absolute Gasteiger partial charge is 0.387 e. The smallest absolute Gasteiger partial charge is 0.0917 e. The Morgan fingerprint density at radius 3 is 2.35 bits per heavy atom. The number of aliphatic hydroxyl groups excluding tert-OH is 1. The van der Waals surface area contributed by atoms with Crippen LogP contribution in [0, 0.1) is 5.92 Å². The van der Waals surface area contributed by atoms with Crippen LogP contribution in [0.5, 0.6) is 0 Å². The van der Waals surface area contributed by atoms with Crippen LogP contribution in [0.4, 0.5) is 0 Å². The van der Waals surface area contributed by atoms with Crippen LogP contribution in [-0.2, 0) is 11.8 Å². The van der Waals surface area contributed by atoms with Crippen LogP contribution in [0.15, 0.2) is 18.2 Å². The van der Waals surface area contributed by atoms with Crippen LogP contribution in [0.2, 0.25) is 0 Å². The molecule has 2 heteroatoms. The van der Waals surface area contributed by atoms with Crippen LogP contribution in [0.3, 0.4) is 0 Å². The summed E-state index contributed by atoms with van der Waals surface area (Å²) in [5.74, 6) is 0.833. The molecule has 0 saturated heterocycles. The quantitative estimate of drug-likeness (QED) is 0.755. The molecule has 1 heterocycles. The van der Waals surface area contributed by atoms with E-state index in [1.807, 2.05) is 0 Å². The Kier molecular flexibility index (Phi) is 6.22. The lowest BCUT2D eigenvalue weighted by Gasteiger charge is -2.21. The third kappa shape index (κ3) is 5.26. The first-order valence-corrected chi connectivity index (χ1v) is 7.74. The Bertz CT molecular complexity index is 415. The van der Waals surface area contributed by atoms with Gasteiger partial charge < -0.3 is 10.4 Å². The van der Waals surface area contributed by atoms with Gasteiger partial charge >= 0.3 is 0 Å². The molecule has 1 aliphatic rings. The van der Waals surface area contributed by atoms with Gasteiger partial charge in [-0.1, -0.05) is 59.7 Å². The number of benzene rings is 1. The van der Waals surface area contributed by atoms with Crippen LogP contribution < -0.4 is 5.32 Å². The van der Waals surface area contributed by atoms with Crippen LogP contribution in [0.1, 0.15) is 64.3 Å². The van der Waals surface area contributed by atoms with Gasteiger partial charge in [-0.25, -0.2) is 0 Å². The molecule has 0 spiro atoms. The number of hydrogen-bond donors (Lipinski definition) is 2. The molecule has 1 aromatic carbocycles. The molecule has 0 amide bonds. The fourth-order valence-corrected chi connectivity index (χ4v) is 2.19. The Morgan fingerprint density at radius 1 is 1.20 bits per heavy atom. The second kappa shape index (κ2) is 7.24. The molecular weight excluding hydrogens is 246 g/mol. The molecule has 1 aromatic rings. The van der Waals surface area contributed by atoms with Crippen LogP contribution in [0.25, 0.3) is 0 Å². The van der Waals surface area contributed by atoms with Crippen LogP contribution in [-0.4, -0.2) is 18.2 Å². The SMILES string of the molecule is CC(C)(C)c1ccc2c(c1)CCNCC2O.CC(C)C. The van der Waals surface area contributed by atoms with Gasteiger partial charge in [-0.15, -0.1) is 0 Å². The minimum atomic E-state index is -0.355. The lowest BCUT2D eigenvalue weighted by Crippen LogP contribution is -2.19. The first-order chi connectivity index (χ1) is 9.21. The summed E-state index contributed by atoms with van der Waals surface area (Å²) < 4.78 is 0. The van der Waals surface area contributed by atoms with Crippen molar-refractivity contribution in [1.82, 2.24) is 5.32 Å². The van der Waals surface area contributed by atoms with Crippen LogP contribution >= 0.6 is 0 Å². The van der Waals surface area contributed by atoms with E-state index in [1.54, 1.807) is 0 Å². The second-order valence-corrected chi connectivity index (χ2v) is 7.37. The normalized spacial score (nSPS) is 18.9. The molecule has 0 radical (unpaired) electrons. The first-order valence-electron chi connectivity index (χ1n) is 7.74. The van der Waals surface area contributed by atoms with Crippen molar-refractivity contribution < 1.29 is 5.11 Å². The van der Waals surface area contributed by atoms with Gasteiger partial charge in [0.25, 0.3) is 0 Å². The molecule has 0 aromatic heterocycles. The Balaban J connectivity index is 0.000000444. The molecule has 0 saturated carbocycles. The van der Waals surface area contributed by atoms with E-state index in [0.717, 1.165) is 24.4 Å². The van der Waals surface area contributed by atoms with Gasteiger partial charge in [0.2, 0.25) is 0 Å². The summed E-state index contributed by atoms with van der Waals surface area (Å²) in [7, 11) is 0. The molecule has 1 unspecified atom stereocenters. The van der Waals surface area contributed by atoms with Crippen molar-refractivity contribution in [3.63, 3.8) is 0 Å². The second-order valence-electron chi connectivity index (χ2n) is 7.37. The molecule has 0 bridgehead atoms. The van der Waals surface area contributed by atoms with Crippen molar-refractivity contribution in [1.29, 1.82) is 0 Å². The summed E-state index contributed by atoms with van der Waals surface area (Å²) in [5.41, 5.74) is 3.92. The summed E-state index contributed by atoms with van der Waals surface area (Å²) >= 11 is 0. The number of fused-ring (bicyclic) bond motifs is 1. The fraction of sp³-hybridized carbons (Fsp3) is 0.667.